The first-order valence-corrected chi connectivity index (χ1v) is 8.97. The van der Waals surface area contributed by atoms with Crippen molar-refractivity contribution in [3.63, 3.8) is 0 Å². The van der Waals surface area contributed by atoms with Gasteiger partial charge in [0.15, 0.2) is 0 Å². The third-order valence-electron chi connectivity index (χ3n) is 3.77. The van der Waals surface area contributed by atoms with Crippen molar-refractivity contribution >= 4 is 34.5 Å². The Labute approximate surface area is 160 Å². The first kappa shape index (κ1) is 18.5. The Kier molecular flexibility index (Phi) is 5.73. The number of anilines is 2. The van der Waals surface area contributed by atoms with Crippen LogP contribution in [0.25, 0.3) is 0 Å². The Morgan fingerprint density at radius 1 is 0.852 bits per heavy atom. The summed E-state index contributed by atoms with van der Waals surface area (Å²) in [6, 6.07) is 15.4. The molecule has 6 nitrogen and oxygen atoms in total. The summed E-state index contributed by atoms with van der Waals surface area (Å²) in [5.41, 5.74) is 1.31. The molecule has 27 heavy (non-hydrogen) atoms. The van der Waals surface area contributed by atoms with E-state index in [2.05, 4.69) is 10.6 Å². The maximum Gasteiger partial charge on any atom is 0.265 e. The molecule has 0 aliphatic carbocycles. The summed E-state index contributed by atoms with van der Waals surface area (Å²) in [5.74, 6) is 0.508. The first-order valence-electron chi connectivity index (χ1n) is 8.09. The van der Waals surface area contributed by atoms with Crippen LogP contribution in [0.5, 0.6) is 11.5 Å². The highest BCUT2D eigenvalue weighted by molar-refractivity contribution is 7.12. The smallest absolute Gasteiger partial charge is 0.265 e. The zero-order valence-electron chi connectivity index (χ0n) is 14.8. The SMILES string of the molecule is COc1cc(NC(=O)c2ccccc2NC(=O)c2cccs2)cc(OC)c1. The standard InChI is InChI=1S/C20H18N2O4S/c1-25-14-10-13(11-15(12-14)26-2)21-19(23)16-6-3-4-7-17(16)22-20(24)18-8-5-9-27-18/h3-12H,1-2H3,(H,21,23)(H,22,24). The largest absolute Gasteiger partial charge is 0.497 e. The van der Waals surface area contributed by atoms with Crippen molar-refractivity contribution in [1.29, 1.82) is 0 Å². The van der Waals surface area contributed by atoms with Gasteiger partial charge < -0.3 is 20.1 Å². The summed E-state index contributed by atoms with van der Waals surface area (Å²) in [7, 11) is 3.07. The fourth-order valence-corrected chi connectivity index (χ4v) is 3.08. The van der Waals surface area contributed by atoms with Crippen molar-refractivity contribution in [1.82, 2.24) is 0 Å². The minimum absolute atomic E-state index is 0.256. The van der Waals surface area contributed by atoms with Crippen molar-refractivity contribution in [2.45, 2.75) is 0 Å². The quantitative estimate of drug-likeness (QED) is 0.667. The monoisotopic (exact) mass is 382 g/mol. The number of methoxy groups -OCH3 is 2. The summed E-state index contributed by atoms with van der Waals surface area (Å²) in [6.07, 6.45) is 0. The first-order chi connectivity index (χ1) is 13.1. The van der Waals surface area contributed by atoms with Gasteiger partial charge in [-0.1, -0.05) is 18.2 Å². The van der Waals surface area contributed by atoms with Gasteiger partial charge in [-0.3, -0.25) is 9.59 Å². The summed E-state index contributed by atoms with van der Waals surface area (Å²) in [6.45, 7) is 0. The van der Waals surface area contributed by atoms with Gasteiger partial charge in [-0.25, -0.2) is 0 Å². The van der Waals surface area contributed by atoms with Crippen molar-refractivity contribution < 1.29 is 19.1 Å². The molecule has 2 N–H and O–H groups in total. The molecule has 3 rings (SSSR count). The number of hydrogen-bond acceptors (Lipinski definition) is 5. The second-order valence-corrected chi connectivity index (χ2v) is 6.48. The van der Waals surface area contributed by atoms with E-state index in [1.807, 2.05) is 5.38 Å². The molecule has 138 valence electrons. The third-order valence-corrected chi connectivity index (χ3v) is 4.64. The highest BCUT2D eigenvalue weighted by atomic mass is 32.1. The molecule has 0 radical (unpaired) electrons. The van der Waals surface area contributed by atoms with E-state index in [9.17, 15) is 9.59 Å². The summed E-state index contributed by atoms with van der Waals surface area (Å²) >= 11 is 1.33. The normalized spacial score (nSPS) is 10.1. The lowest BCUT2D eigenvalue weighted by atomic mass is 10.1. The van der Waals surface area contributed by atoms with Gasteiger partial charge in [0.1, 0.15) is 11.5 Å². The van der Waals surface area contributed by atoms with E-state index in [0.29, 0.717) is 33.3 Å². The average Bonchev–Trinajstić information content (AvgIpc) is 3.23. The minimum atomic E-state index is -0.354. The molecule has 1 aromatic heterocycles. The molecule has 3 aromatic rings. The zero-order chi connectivity index (χ0) is 19.2. The van der Waals surface area contributed by atoms with Crippen molar-refractivity contribution in [3.05, 3.63) is 70.4 Å². The summed E-state index contributed by atoms with van der Waals surface area (Å²) in [4.78, 5) is 25.6. The average molecular weight is 382 g/mol. The van der Waals surface area contributed by atoms with Crippen LogP contribution in [0.4, 0.5) is 11.4 Å². The molecule has 0 bridgehead atoms. The van der Waals surface area contributed by atoms with E-state index >= 15 is 0 Å². The van der Waals surface area contributed by atoms with Gasteiger partial charge in [0.25, 0.3) is 11.8 Å². The molecule has 0 saturated heterocycles. The lowest BCUT2D eigenvalue weighted by Gasteiger charge is -2.12. The molecule has 0 aliphatic heterocycles. The molecule has 2 amide bonds. The highest BCUT2D eigenvalue weighted by Gasteiger charge is 2.15. The van der Waals surface area contributed by atoms with E-state index in [1.165, 1.54) is 25.6 Å². The molecule has 1 heterocycles. The number of nitrogens with one attached hydrogen (secondary N) is 2. The number of benzene rings is 2. The van der Waals surface area contributed by atoms with Crippen LogP contribution >= 0.6 is 11.3 Å². The zero-order valence-corrected chi connectivity index (χ0v) is 15.6. The Morgan fingerprint density at radius 3 is 2.19 bits per heavy atom. The van der Waals surface area contributed by atoms with E-state index in [1.54, 1.807) is 54.6 Å². The van der Waals surface area contributed by atoms with E-state index in [-0.39, 0.29) is 11.8 Å². The van der Waals surface area contributed by atoms with Crippen molar-refractivity contribution in [3.8, 4) is 11.5 Å². The number of amides is 2. The predicted octanol–water partition coefficient (Wildman–Crippen LogP) is 4.27. The van der Waals surface area contributed by atoms with Gasteiger partial charge in [-0.15, -0.1) is 11.3 Å². The molecule has 0 saturated carbocycles. The van der Waals surface area contributed by atoms with Gasteiger partial charge in [0.05, 0.1) is 30.3 Å². The van der Waals surface area contributed by atoms with Gasteiger partial charge >= 0.3 is 0 Å². The van der Waals surface area contributed by atoms with Crippen molar-refractivity contribution in [2.24, 2.45) is 0 Å². The molecule has 0 atom stereocenters. The number of carbonyl (C=O) groups excluding carboxylic acids is 2. The van der Waals surface area contributed by atoms with Gasteiger partial charge in [0, 0.05) is 23.9 Å². The van der Waals surface area contributed by atoms with Gasteiger partial charge in [-0.05, 0) is 23.6 Å². The fraction of sp³-hybridized carbons (Fsp3) is 0.100. The summed E-state index contributed by atoms with van der Waals surface area (Å²) in [5, 5.41) is 7.42. The number of rotatable bonds is 6. The van der Waals surface area contributed by atoms with Crippen LogP contribution in [0, 0.1) is 0 Å². The molecular weight excluding hydrogens is 364 g/mol. The lowest BCUT2D eigenvalue weighted by Crippen LogP contribution is -2.17. The second-order valence-electron chi connectivity index (χ2n) is 5.53. The van der Waals surface area contributed by atoms with Crippen LogP contribution in [0.2, 0.25) is 0 Å². The maximum atomic E-state index is 12.8. The number of para-hydroxylation sites is 1. The van der Waals surface area contributed by atoms with E-state index < -0.39 is 0 Å². The number of thiophene rings is 1. The second kappa shape index (κ2) is 8.37. The van der Waals surface area contributed by atoms with Gasteiger partial charge in [-0.2, -0.15) is 0 Å². The van der Waals surface area contributed by atoms with Crippen LogP contribution in [0.1, 0.15) is 20.0 Å². The lowest BCUT2D eigenvalue weighted by molar-refractivity contribution is 0.102. The minimum Gasteiger partial charge on any atom is -0.497 e. The molecule has 0 aliphatic rings. The van der Waals surface area contributed by atoms with Crippen LogP contribution in [0.15, 0.2) is 60.0 Å². The molecule has 7 heteroatoms. The van der Waals surface area contributed by atoms with Crippen LogP contribution in [-0.4, -0.2) is 26.0 Å². The van der Waals surface area contributed by atoms with Crippen LogP contribution < -0.4 is 20.1 Å². The molecule has 2 aromatic carbocycles. The molecule has 0 unspecified atom stereocenters. The predicted molar refractivity (Wildman–Crippen MR) is 106 cm³/mol. The van der Waals surface area contributed by atoms with Gasteiger partial charge in [0.2, 0.25) is 0 Å². The molecule has 0 spiro atoms. The van der Waals surface area contributed by atoms with E-state index in [0.717, 1.165) is 0 Å². The number of ether oxygens (including phenoxy) is 2. The Balaban J connectivity index is 1.82. The molecule has 0 fully saturated rings. The fourth-order valence-electron chi connectivity index (χ4n) is 2.46. The topological polar surface area (TPSA) is 76.7 Å². The number of carbonyl (C=O) groups is 2. The molecular formula is C20H18N2O4S. The van der Waals surface area contributed by atoms with Crippen LogP contribution in [0.3, 0.4) is 0 Å². The highest BCUT2D eigenvalue weighted by Crippen LogP contribution is 2.27. The van der Waals surface area contributed by atoms with Crippen molar-refractivity contribution in [2.75, 3.05) is 24.9 Å². The Hall–Kier alpha value is -3.32. The third kappa shape index (κ3) is 4.45. The Morgan fingerprint density at radius 2 is 1.56 bits per heavy atom. The Bertz CT molecular complexity index is 932. The van der Waals surface area contributed by atoms with E-state index in [4.69, 9.17) is 9.47 Å². The summed E-state index contributed by atoms with van der Waals surface area (Å²) < 4.78 is 10.4. The maximum absolute atomic E-state index is 12.8. The van der Waals surface area contributed by atoms with Crippen LogP contribution in [-0.2, 0) is 0 Å². The number of hydrogen-bond donors (Lipinski definition) is 2.